The Bertz CT molecular complexity index is 900. The zero-order valence-electron chi connectivity index (χ0n) is 17.6. The highest BCUT2D eigenvalue weighted by molar-refractivity contribution is 7.98. The van der Waals surface area contributed by atoms with E-state index in [4.69, 9.17) is 0 Å². The third-order valence-electron chi connectivity index (χ3n) is 5.16. The number of nitro groups is 1. The third kappa shape index (κ3) is 7.78. The highest BCUT2D eigenvalue weighted by Crippen LogP contribution is 2.18. The summed E-state index contributed by atoms with van der Waals surface area (Å²) in [6.07, 6.45) is 4.81. The SMILES string of the molecule is CSCCC(NC(=O)c1cccc([N+](=O)[O-])c1)C(=O)NCC1CCN(S(C)(=O)=O)CC1. The smallest absolute Gasteiger partial charge is 0.270 e. The van der Waals surface area contributed by atoms with E-state index in [-0.39, 0.29) is 23.1 Å². The van der Waals surface area contributed by atoms with Gasteiger partial charge in [0.15, 0.2) is 0 Å². The van der Waals surface area contributed by atoms with E-state index in [1.165, 1.54) is 34.8 Å². The maximum Gasteiger partial charge on any atom is 0.270 e. The fourth-order valence-corrected chi connectivity index (χ4v) is 4.67. The van der Waals surface area contributed by atoms with E-state index in [9.17, 15) is 28.1 Å². The van der Waals surface area contributed by atoms with Crippen LogP contribution in [0, 0.1) is 16.0 Å². The summed E-state index contributed by atoms with van der Waals surface area (Å²) in [5.74, 6) is -0.0551. The molecule has 0 saturated carbocycles. The Hall–Kier alpha value is -2.18. The summed E-state index contributed by atoms with van der Waals surface area (Å²) in [5.41, 5.74) is -0.0810. The van der Waals surface area contributed by atoms with Crippen molar-refractivity contribution in [2.45, 2.75) is 25.3 Å². The summed E-state index contributed by atoms with van der Waals surface area (Å²) in [7, 11) is -3.20. The van der Waals surface area contributed by atoms with Gasteiger partial charge in [0.2, 0.25) is 15.9 Å². The first-order chi connectivity index (χ1) is 14.6. The maximum absolute atomic E-state index is 12.7. The lowest BCUT2D eigenvalue weighted by Gasteiger charge is -2.30. The lowest BCUT2D eigenvalue weighted by atomic mass is 9.98. The van der Waals surface area contributed by atoms with Crippen molar-refractivity contribution in [1.82, 2.24) is 14.9 Å². The molecule has 1 aromatic carbocycles. The molecule has 0 aromatic heterocycles. The molecular formula is C19H28N4O6S2. The lowest BCUT2D eigenvalue weighted by molar-refractivity contribution is -0.384. The molecule has 12 heteroatoms. The summed E-state index contributed by atoms with van der Waals surface area (Å²) < 4.78 is 24.6. The molecule has 0 radical (unpaired) electrons. The van der Waals surface area contributed by atoms with E-state index < -0.39 is 26.9 Å². The van der Waals surface area contributed by atoms with Gasteiger partial charge in [-0.3, -0.25) is 19.7 Å². The predicted molar refractivity (Wildman–Crippen MR) is 120 cm³/mol. The van der Waals surface area contributed by atoms with Gasteiger partial charge in [-0.2, -0.15) is 11.8 Å². The molecule has 0 aliphatic carbocycles. The number of thioether (sulfide) groups is 1. The van der Waals surface area contributed by atoms with Gasteiger partial charge in [0, 0.05) is 37.3 Å². The molecule has 2 amide bonds. The van der Waals surface area contributed by atoms with Crippen LogP contribution in [0.5, 0.6) is 0 Å². The number of piperidine rings is 1. The number of non-ortho nitro benzene ring substituents is 1. The quantitative estimate of drug-likeness (QED) is 0.386. The van der Waals surface area contributed by atoms with Crippen LogP contribution in [0.15, 0.2) is 24.3 Å². The highest BCUT2D eigenvalue weighted by Gasteiger charge is 2.27. The van der Waals surface area contributed by atoms with Crippen LogP contribution in [0.25, 0.3) is 0 Å². The number of hydrogen-bond donors (Lipinski definition) is 2. The van der Waals surface area contributed by atoms with Crippen LogP contribution in [0.1, 0.15) is 29.6 Å². The van der Waals surface area contributed by atoms with Crippen molar-refractivity contribution in [2.75, 3.05) is 37.9 Å². The van der Waals surface area contributed by atoms with Crippen molar-refractivity contribution >= 4 is 39.3 Å². The fourth-order valence-electron chi connectivity index (χ4n) is 3.32. The van der Waals surface area contributed by atoms with Gasteiger partial charge in [-0.15, -0.1) is 0 Å². The van der Waals surface area contributed by atoms with Crippen LogP contribution in [0.2, 0.25) is 0 Å². The molecule has 31 heavy (non-hydrogen) atoms. The number of hydrogen-bond acceptors (Lipinski definition) is 7. The molecule has 1 aliphatic rings. The predicted octanol–water partition coefficient (Wildman–Crippen LogP) is 1.23. The Morgan fingerprint density at radius 1 is 1.32 bits per heavy atom. The molecule has 1 unspecified atom stereocenters. The summed E-state index contributed by atoms with van der Waals surface area (Å²) >= 11 is 1.54. The van der Waals surface area contributed by atoms with Crippen LogP contribution in [0.3, 0.4) is 0 Å². The molecule has 172 valence electrons. The van der Waals surface area contributed by atoms with Gasteiger partial charge in [-0.1, -0.05) is 6.07 Å². The van der Waals surface area contributed by atoms with Crippen molar-refractivity contribution in [1.29, 1.82) is 0 Å². The minimum absolute atomic E-state index is 0.115. The number of rotatable bonds is 10. The molecule has 1 aromatic rings. The average molecular weight is 473 g/mol. The first-order valence-corrected chi connectivity index (χ1v) is 13.1. The molecule has 1 aliphatic heterocycles. The molecule has 0 bridgehead atoms. The van der Waals surface area contributed by atoms with Crippen LogP contribution >= 0.6 is 11.8 Å². The number of nitrogens with zero attached hydrogens (tertiary/aromatic N) is 2. The van der Waals surface area contributed by atoms with E-state index in [1.807, 2.05) is 6.26 Å². The molecule has 10 nitrogen and oxygen atoms in total. The number of nitrogens with one attached hydrogen (secondary N) is 2. The zero-order chi connectivity index (χ0) is 23.0. The Kier molecular flexibility index (Phi) is 9.26. The number of nitro benzene ring substituents is 1. The van der Waals surface area contributed by atoms with Gasteiger partial charge in [0.05, 0.1) is 11.2 Å². The number of amides is 2. The van der Waals surface area contributed by atoms with Gasteiger partial charge >= 0.3 is 0 Å². The van der Waals surface area contributed by atoms with Gasteiger partial charge in [0.25, 0.3) is 11.6 Å². The summed E-state index contributed by atoms with van der Waals surface area (Å²) in [6, 6.07) is 4.59. The second-order valence-corrected chi connectivity index (χ2v) is 10.4. The number of carbonyl (C=O) groups excluding carboxylic acids is 2. The van der Waals surface area contributed by atoms with Crippen LogP contribution in [0.4, 0.5) is 5.69 Å². The third-order valence-corrected chi connectivity index (χ3v) is 7.11. The van der Waals surface area contributed by atoms with Crippen molar-refractivity contribution < 1.29 is 22.9 Å². The van der Waals surface area contributed by atoms with Crippen LogP contribution < -0.4 is 10.6 Å². The molecule has 1 saturated heterocycles. The second-order valence-electron chi connectivity index (χ2n) is 7.47. The maximum atomic E-state index is 12.7. The normalized spacial score (nSPS) is 16.5. The van der Waals surface area contributed by atoms with Gasteiger partial charge < -0.3 is 10.6 Å². The molecule has 2 rings (SSSR count). The molecule has 2 N–H and O–H groups in total. The minimum atomic E-state index is -3.20. The number of carbonyl (C=O) groups is 2. The van der Waals surface area contributed by atoms with Crippen LogP contribution in [-0.4, -0.2) is 73.4 Å². The largest absolute Gasteiger partial charge is 0.354 e. The molecule has 1 heterocycles. The first kappa shape index (κ1) is 25.1. The summed E-state index contributed by atoms with van der Waals surface area (Å²) in [6.45, 7) is 1.26. The Labute approximate surface area is 186 Å². The van der Waals surface area contributed by atoms with E-state index in [1.54, 1.807) is 11.8 Å². The molecular weight excluding hydrogens is 444 g/mol. The Balaban J connectivity index is 1.94. The van der Waals surface area contributed by atoms with E-state index >= 15 is 0 Å². The Morgan fingerprint density at radius 3 is 2.58 bits per heavy atom. The van der Waals surface area contributed by atoms with Gasteiger partial charge in [-0.25, -0.2) is 12.7 Å². The first-order valence-electron chi connectivity index (χ1n) is 9.89. The zero-order valence-corrected chi connectivity index (χ0v) is 19.2. The summed E-state index contributed by atoms with van der Waals surface area (Å²) in [4.78, 5) is 35.6. The van der Waals surface area contributed by atoms with E-state index in [0.29, 0.717) is 44.6 Å². The number of benzene rings is 1. The van der Waals surface area contributed by atoms with E-state index in [2.05, 4.69) is 10.6 Å². The van der Waals surface area contributed by atoms with Crippen molar-refractivity contribution in [2.24, 2.45) is 5.92 Å². The summed E-state index contributed by atoms with van der Waals surface area (Å²) in [5, 5.41) is 16.5. The van der Waals surface area contributed by atoms with Crippen molar-refractivity contribution in [3.8, 4) is 0 Å². The van der Waals surface area contributed by atoms with Crippen LogP contribution in [-0.2, 0) is 14.8 Å². The van der Waals surface area contributed by atoms with Crippen molar-refractivity contribution in [3.05, 3.63) is 39.9 Å². The Morgan fingerprint density at radius 2 is 2.00 bits per heavy atom. The molecule has 0 spiro atoms. The second kappa shape index (κ2) is 11.4. The molecule has 1 fully saturated rings. The minimum Gasteiger partial charge on any atom is -0.354 e. The molecule has 1 atom stereocenters. The number of sulfonamides is 1. The van der Waals surface area contributed by atoms with Gasteiger partial charge in [0.1, 0.15) is 6.04 Å². The average Bonchev–Trinajstić information content (AvgIpc) is 2.74. The fraction of sp³-hybridized carbons (Fsp3) is 0.579. The topological polar surface area (TPSA) is 139 Å². The lowest BCUT2D eigenvalue weighted by Crippen LogP contribution is -2.49. The standard InChI is InChI=1S/C19H28N4O6S2/c1-30-11-8-17(21-18(24)15-4-3-5-16(12-15)23(26)27)19(25)20-13-14-6-9-22(10-7-14)31(2,28)29/h3-5,12,14,17H,6-11,13H2,1-2H3,(H,20,25)(H,21,24). The van der Waals surface area contributed by atoms with E-state index in [0.717, 1.165) is 0 Å². The highest BCUT2D eigenvalue weighted by atomic mass is 32.2. The monoisotopic (exact) mass is 472 g/mol. The van der Waals surface area contributed by atoms with Crippen molar-refractivity contribution in [3.63, 3.8) is 0 Å². The van der Waals surface area contributed by atoms with Gasteiger partial charge in [-0.05, 0) is 43.3 Å².